The van der Waals surface area contributed by atoms with Gasteiger partial charge in [-0.3, -0.25) is 18.9 Å². The third-order valence-corrected chi connectivity index (χ3v) is 13.0. The van der Waals surface area contributed by atoms with Crippen molar-refractivity contribution in [2.24, 2.45) is 0 Å². The Morgan fingerprint density at radius 2 is 0.983 bits per heavy atom. The van der Waals surface area contributed by atoms with Crippen LogP contribution in [-0.2, 0) is 9.47 Å². The number of nitrogens with zero attached hydrogens (tertiary/aromatic N) is 6. The summed E-state index contributed by atoms with van der Waals surface area (Å²) in [7, 11) is 0. The van der Waals surface area contributed by atoms with Crippen LogP contribution in [0.5, 0.6) is 0 Å². The number of carbonyl (C=O) groups excluding carboxylic acids is 2. The van der Waals surface area contributed by atoms with Gasteiger partial charge in [-0.25, -0.2) is 19.2 Å². The molecule has 14 nitrogen and oxygen atoms in total. The highest BCUT2D eigenvalue weighted by molar-refractivity contribution is 5.77. The van der Waals surface area contributed by atoms with E-state index in [1.165, 1.54) is 0 Å². The second-order valence-electron chi connectivity index (χ2n) is 18.3. The van der Waals surface area contributed by atoms with E-state index in [0.29, 0.717) is 13.1 Å². The van der Waals surface area contributed by atoms with Crippen molar-refractivity contribution in [2.75, 3.05) is 52.4 Å². The lowest BCUT2D eigenvalue weighted by Crippen LogP contribution is -2.52. The zero-order chi connectivity index (χ0) is 41.5. The number of fused-ring (bicyclic) bond motifs is 2. The standard InChI is InChI=1S/2C22H32N4O3/c2*1-15(2)29-21(28)24-12-9-22(4,14-24)25-10-7-17(8-11-25)26-19-13-16(3)5-6-18(19)23-20(26)27/h2*5-6,13,15,17H,7-12,14H2,1-4H3,(H,23,27). The molecule has 6 heterocycles. The highest BCUT2D eigenvalue weighted by atomic mass is 16.6. The van der Waals surface area contributed by atoms with E-state index in [1.54, 1.807) is 0 Å². The summed E-state index contributed by atoms with van der Waals surface area (Å²) in [5.41, 5.74) is 6.06. The van der Waals surface area contributed by atoms with Gasteiger partial charge in [-0.2, -0.15) is 0 Å². The van der Waals surface area contributed by atoms with Crippen LogP contribution >= 0.6 is 0 Å². The summed E-state index contributed by atoms with van der Waals surface area (Å²) in [6, 6.07) is 12.6. The molecule has 4 aliphatic heterocycles. The number of piperidine rings is 2. The average molecular weight is 801 g/mol. The van der Waals surface area contributed by atoms with Gasteiger partial charge in [0.2, 0.25) is 0 Å². The Morgan fingerprint density at radius 1 is 0.621 bits per heavy atom. The van der Waals surface area contributed by atoms with Crippen LogP contribution in [0.3, 0.4) is 0 Å². The molecular formula is C44H64N8O6. The summed E-state index contributed by atoms with van der Waals surface area (Å²) in [5.74, 6) is 0. The van der Waals surface area contributed by atoms with E-state index in [-0.39, 0.29) is 58.9 Å². The van der Waals surface area contributed by atoms with Crippen molar-refractivity contribution < 1.29 is 19.1 Å². The summed E-state index contributed by atoms with van der Waals surface area (Å²) in [5, 5.41) is 0. The lowest BCUT2D eigenvalue weighted by Gasteiger charge is -2.43. The van der Waals surface area contributed by atoms with Gasteiger partial charge < -0.3 is 29.2 Å². The van der Waals surface area contributed by atoms with Crippen LogP contribution in [0.15, 0.2) is 46.0 Å². The zero-order valence-corrected chi connectivity index (χ0v) is 35.8. The molecule has 2 amide bonds. The number of aryl methyl sites for hydroxylation is 2. The number of nitrogens with one attached hydrogen (secondary N) is 2. The first kappa shape index (κ1) is 41.6. The fourth-order valence-corrected chi connectivity index (χ4v) is 9.79. The van der Waals surface area contributed by atoms with Crippen LogP contribution in [-0.4, -0.2) is 127 Å². The van der Waals surface area contributed by atoms with Gasteiger partial charge in [0.15, 0.2) is 0 Å². The summed E-state index contributed by atoms with van der Waals surface area (Å²) in [4.78, 5) is 64.4. The van der Waals surface area contributed by atoms with Crippen molar-refractivity contribution in [3.63, 3.8) is 0 Å². The summed E-state index contributed by atoms with van der Waals surface area (Å²) in [6.45, 7) is 22.7. The molecule has 2 aromatic carbocycles. The molecule has 2 atom stereocenters. The van der Waals surface area contributed by atoms with Crippen molar-refractivity contribution in [3.05, 3.63) is 68.5 Å². The SMILES string of the molecule is Cc1ccc2[nH]c(=O)n(C3CCN(C4(C)CCN(C(=O)OC(C)C)C4)CC3)c2c1.Cc1ccc2[nH]c(=O)n(C3CCN(C4(C)CCN(C(=O)OC(C)C)C4)CC3)c2c1. The minimum Gasteiger partial charge on any atom is -0.447 e. The van der Waals surface area contributed by atoms with Gasteiger partial charge in [0, 0.05) is 75.5 Å². The minimum absolute atomic E-state index is 0.0151. The van der Waals surface area contributed by atoms with Crippen molar-refractivity contribution in [3.8, 4) is 0 Å². The summed E-state index contributed by atoms with van der Waals surface area (Å²) >= 11 is 0. The van der Waals surface area contributed by atoms with E-state index in [1.807, 2.05) is 70.9 Å². The normalized spacial score (nSPS) is 24.0. The van der Waals surface area contributed by atoms with E-state index in [9.17, 15) is 19.2 Å². The number of imidazole rings is 2. The molecule has 2 unspecified atom stereocenters. The fraction of sp³-hybridized carbons (Fsp3) is 0.636. The van der Waals surface area contributed by atoms with Crippen LogP contribution in [0.1, 0.15) is 103 Å². The van der Waals surface area contributed by atoms with Gasteiger partial charge in [-0.1, -0.05) is 12.1 Å². The highest BCUT2D eigenvalue weighted by Gasteiger charge is 2.44. The predicted molar refractivity (Wildman–Crippen MR) is 227 cm³/mol. The van der Waals surface area contributed by atoms with E-state index >= 15 is 0 Å². The molecule has 2 aromatic heterocycles. The van der Waals surface area contributed by atoms with Crippen molar-refractivity contribution in [2.45, 2.75) is 129 Å². The second-order valence-corrected chi connectivity index (χ2v) is 18.3. The Balaban J connectivity index is 0.000000177. The highest BCUT2D eigenvalue weighted by Crippen LogP contribution is 2.36. The Bertz CT molecular complexity index is 2070. The minimum atomic E-state index is -0.209. The molecule has 0 saturated carbocycles. The number of ether oxygens (including phenoxy) is 2. The first-order chi connectivity index (χ1) is 27.5. The number of rotatable bonds is 6. The monoisotopic (exact) mass is 800 g/mol. The molecule has 4 fully saturated rings. The molecule has 14 heteroatoms. The van der Waals surface area contributed by atoms with Crippen LogP contribution in [0.2, 0.25) is 0 Å². The van der Waals surface area contributed by atoms with Gasteiger partial charge in [0.1, 0.15) is 0 Å². The van der Waals surface area contributed by atoms with E-state index in [0.717, 1.165) is 111 Å². The van der Waals surface area contributed by atoms with Gasteiger partial charge in [-0.15, -0.1) is 0 Å². The number of aromatic amines is 2. The van der Waals surface area contributed by atoms with Gasteiger partial charge >= 0.3 is 23.6 Å². The lowest BCUT2D eigenvalue weighted by atomic mass is 9.93. The molecule has 0 spiro atoms. The number of likely N-dealkylation sites (tertiary alicyclic amines) is 4. The van der Waals surface area contributed by atoms with E-state index in [4.69, 9.17) is 9.47 Å². The third-order valence-electron chi connectivity index (χ3n) is 13.0. The van der Waals surface area contributed by atoms with Crippen LogP contribution in [0.25, 0.3) is 22.1 Å². The Kier molecular flexibility index (Phi) is 11.9. The first-order valence-corrected chi connectivity index (χ1v) is 21.4. The number of hydrogen-bond donors (Lipinski definition) is 2. The number of hydrogen-bond acceptors (Lipinski definition) is 8. The number of amides is 2. The van der Waals surface area contributed by atoms with E-state index < -0.39 is 0 Å². The van der Waals surface area contributed by atoms with Crippen molar-refractivity contribution in [1.29, 1.82) is 0 Å². The largest absolute Gasteiger partial charge is 0.447 e. The predicted octanol–water partition coefficient (Wildman–Crippen LogP) is 6.57. The van der Waals surface area contributed by atoms with Crippen LogP contribution in [0.4, 0.5) is 9.59 Å². The molecule has 2 N–H and O–H groups in total. The smallest absolute Gasteiger partial charge is 0.410 e. The topological polar surface area (TPSA) is 141 Å². The van der Waals surface area contributed by atoms with Gasteiger partial charge in [-0.05, 0) is 129 Å². The number of carbonyl (C=O) groups is 2. The molecule has 4 aromatic rings. The lowest BCUT2D eigenvalue weighted by molar-refractivity contribution is 0.0560. The number of H-pyrrole nitrogens is 2. The Hall–Kier alpha value is -4.56. The molecule has 316 valence electrons. The number of benzene rings is 2. The summed E-state index contributed by atoms with van der Waals surface area (Å²) in [6.07, 6.45) is 5.05. The average Bonchev–Trinajstić information content (AvgIpc) is 3.94. The maximum Gasteiger partial charge on any atom is 0.410 e. The van der Waals surface area contributed by atoms with Gasteiger partial charge in [0.25, 0.3) is 0 Å². The molecular weight excluding hydrogens is 737 g/mol. The first-order valence-electron chi connectivity index (χ1n) is 21.4. The Morgan fingerprint density at radius 3 is 1.33 bits per heavy atom. The molecule has 58 heavy (non-hydrogen) atoms. The maximum absolute atomic E-state index is 12.6. The maximum atomic E-state index is 12.6. The Labute approximate surface area is 341 Å². The van der Waals surface area contributed by atoms with E-state index in [2.05, 4.69) is 59.6 Å². The van der Waals surface area contributed by atoms with Crippen molar-refractivity contribution in [1.82, 2.24) is 38.7 Å². The van der Waals surface area contributed by atoms with Crippen LogP contribution in [0, 0.1) is 13.8 Å². The number of aromatic nitrogens is 4. The molecule has 8 rings (SSSR count). The second kappa shape index (κ2) is 16.6. The molecule has 0 radical (unpaired) electrons. The fourth-order valence-electron chi connectivity index (χ4n) is 9.79. The third kappa shape index (κ3) is 8.59. The van der Waals surface area contributed by atoms with Crippen LogP contribution < -0.4 is 11.4 Å². The molecule has 0 bridgehead atoms. The molecule has 4 saturated heterocycles. The zero-order valence-electron chi connectivity index (χ0n) is 35.8. The quantitative estimate of drug-likeness (QED) is 0.223. The summed E-state index contributed by atoms with van der Waals surface area (Å²) < 4.78 is 14.6. The van der Waals surface area contributed by atoms with Crippen molar-refractivity contribution >= 4 is 34.3 Å². The molecule has 0 aliphatic carbocycles. The van der Waals surface area contributed by atoms with Gasteiger partial charge in [0.05, 0.1) is 34.3 Å². The molecule has 4 aliphatic rings.